The minimum Gasteiger partial charge on any atom is -0.464 e. The first-order valence-electron chi connectivity index (χ1n) is 6.47. The zero-order valence-corrected chi connectivity index (χ0v) is 14.8. The molecule has 0 aliphatic heterocycles. The lowest BCUT2D eigenvalue weighted by molar-refractivity contribution is 0.312. The predicted molar refractivity (Wildman–Crippen MR) is 90.3 cm³/mol. The molecule has 0 spiro atoms. The van der Waals surface area contributed by atoms with Crippen molar-refractivity contribution >= 4 is 49.4 Å². The summed E-state index contributed by atoms with van der Waals surface area (Å²) in [6, 6.07) is 6.09. The van der Waals surface area contributed by atoms with E-state index in [-0.39, 0.29) is 0 Å². The molecule has 0 amide bonds. The fourth-order valence-corrected chi connectivity index (χ4v) is 2.70. The molecule has 21 heavy (non-hydrogen) atoms. The van der Waals surface area contributed by atoms with E-state index < -0.39 is 0 Å². The van der Waals surface area contributed by atoms with Crippen molar-refractivity contribution in [3.05, 3.63) is 27.1 Å². The molecule has 0 unspecified atom stereocenters. The standard InChI is InChI=1S/C13H15Br2N5O/c1-3-16-11-18-12(20-13(19-11)21-4-2)17-10-6-5-8(14)7-9(10)15/h5-7H,3-4H2,1-2H3,(H2,16,17,18,19,20). The SMILES string of the molecule is CCNc1nc(Nc2ccc(Br)cc2Br)nc(OCC)n1. The topological polar surface area (TPSA) is 72.0 Å². The van der Waals surface area contributed by atoms with Crippen LogP contribution in [0.5, 0.6) is 6.01 Å². The van der Waals surface area contributed by atoms with Crippen LogP contribution in [0.1, 0.15) is 13.8 Å². The van der Waals surface area contributed by atoms with Gasteiger partial charge < -0.3 is 15.4 Å². The highest BCUT2D eigenvalue weighted by atomic mass is 79.9. The molecule has 0 saturated heterocycles. The molecule has 1 aromatic heterocycles. The van der Waals surface area contributed by atoms with Crippen LogP contribution in [-0.4, -0.2) is 28.1 Å². The molecule has 0 radical (unpaired) electrons. The van der Waals surface area contributed by atoms with Crippen LogP contribution >= 0.6 is 31.9 Å². The lowest BCUT2D eigenvalue weighted by Crippen LogP contribution is -2.09. The molecular weight excluding hydrogens is 402 g/mol. The van der Waals surface area contributed by atoms with E-state index in [1.807, 2.05) is 32.0 Å². The lowest BCUT2D eigenvalue weighted by Gasteiger charge is -2.10. The molecule has 0 bridgehead atoms. The average Bonchev–Trinajstić information content (AvgIpc) is 2.42. The number of rotatable bonds is 6. The largest absolute Gasteiger partial charge is 0.464 e. The minimum atomic E-state index is 0.291. The summed E-state index contributed by atoms with van der Waals surface area (Å²) in [6.07, 6.45) is 0. The Morgan fingerprint density at radius 3 is 2.52 bits per heavy atom. The maximum absolute atomic E-state index is 5.36. The van der Waals surface area contributed by atoms with Gasteiger partial charge in [-0.2, -0.15) is 15.0 Å². The number of nitrogens with one attached hydrogen (secondary N) is 2. The van der Waals surface area contributed by atoms with Gasteiger partial charge in [-0.3, -0.25) is 0 Å². The number of halogens is 2. The highest BCUT2D eigenvalue weighted by molar-refractivity contribution is 9.11. The van der Waals surface area contributed by atoms with E-state index in [9.17, 15) is 0 Å². The Balaban J connectivity index is 2.29. The quantitative estimate of drug-likeness (QED) is 0.742. The summed E-state index contributed by atoms with van der Waals surface area (Å²) in [6.45, 7) is 5.08. The summed E-state index contributed by atoms with van der Waals surface area (Å²) in [5, 5.41) is 6.20. The molecule has 2 aromatic rings. The molecule has 8 heteroatoms. The maximum atomic E-state index is 5.36. The summed E-state index contributed by atoms with van der Waals surface area (Å²) in [4.78, 5) is 12.7. The van der Waals surface area contributed by atoms with E-state index in [1.165, 1.54) is 0 Å². The molecule has 0 atom stereocenters. The fourth-order valence-electron chi connectivity index (χ4n) is 1.55. The number of aromatic nitrogens is 3. The van der Waals surface area contributed by atoms with Gasteiger partial charge in [0.05, 0.1) is 12.3 Å². The van der Waals surface area contributed by atoms with E-state index in [4.69, 9.17) is 4.74 Å². The van der Waals surface area contributed by atoms with E-state index in [0.29, 0.717) is 24.5 Å². The van der Waals surface area contributed by atoms with Crippen molar-refractivity contribution in [2.45, 2.75) is 13.8 Å². The number of anilines is 3. The van der Waals surface area contributed by atoms with Gasteiger partial charge in [-0.15, -0.1) is 0 Å². The van der Waals surface area contributed by atoms with Crippen molar-refractivity contribution in [1.29, 1.82) is 0 Å². The van der Waals surface area contributed by atoms with Crippen LogP contribution in [0.3, 0.4) is 0 Å². The number of hydrogen-bond acceptors (Lipinski definition) is 6. The van der Waals surface area contributed by atoms with E-state index in [0.717, 1.165) is 21.2 Å². The minimum absolute atomic E-state index is 0.291. The number of ether oxygens (including phenoxy) is 1. The molecule has 0 aliphatic carbocycles. The van der Waals surface area contributed by atoms with E-state index in [2.05, 4.69) is 57.4 Å². The molecule has 112 valence electrons. The number of benzene rings is 1. The summed E-state index contributed by atoms with van der Waals surface area (Å²) in [5.74, 6) is 0.902. The Morgan fingerprint density at radius 2 is 1.86 bits per heavy atom. The van der Waals surface area contributed by atoms with E-state index in [1.54, 1.807) is 0 Å². The molecule has 0 aliphatic rings. The Kier molecular flexibility index (Phi) is 5.75. The van der Waals surface area contributed by atoms with Gasteiger partial charge in [0.15, 0.2) is 0 Å². The molecule has 1 aromatic carbocycles. The van der Waals surface area contributed by atoms with Crippen molar-refractivity contribution in [2.75, 3.05) is 23.8 Å². The zero-order chi connectivity index (χ0) is 15.2. The average molecular weight is 417 g/mol. The molecule has 1 heterocycles. The highest BCUT2D eigenvalue weighted by Crippen LogP contribution is 2.28. The summed E-state index contributed by atoms with van der Waals surface area (Å²) < 4.78 is 7.25. The number of nitrogens with zero attached hydrogens (tertiary/aromatic N) is 3. The molecule has 0 fully saturated rings. The summed E-state index contributed by atoms with van der Waals surface area (Å²) in [7, 11) is 0. The summed E-state index contributed by atoms with van der Waals surface area (Å²) >= 11 is 6.91. The highest BCUT2D eigenvalue weighted by Gasteiger charge is 2.09. The first-order valence-corrected chi connectivity index (χ1v) is 8.05. The summed E-state index contributed by atoms with van der Waals surface area (Å²) in [5.41, 5.74) is 0.856. The third kappa shape index (κ3) is 4.53. The van der Waals surface area contributed by atoms with Crippen LogP contribution in [0.4, 0.5) is 17.6 Å². The van der Waals surface area contributed by atoms with Crippen LogP contribution in [0.25, 0.3) is 0 Å². The molecule has 0 saturated carbocycles. The zero-order valence-electron chi connectivity index (χ0n) is 11.7. The third-order valence-electron chi connectivity index (χ3n) is 2.40. The van der Waals surface area contributed by atoms with Crippen LogP contribution in [-0.2, 0) is 0 Å². The molecule has 2 N–H and O–H groups in total. The molecular formula is C13H15Br2N5O. The van der Waals surface area contributed by atoms with Crippen LogP contribution < -0.4 is 15.4 Å². The predicted octanol–water partition coefficient (Wildman–Crippen LogP) is 3.97. The second kappa shape index (κ2) is 7.56. The van der Waals surface area contributed by atoms with Crippen LogP contribution in [0.2, 0.25) is 0 Å². The van der Waals surface area contributed by atoms with Crippen molar-refractivity contribution in [2.24, 2.45) is 0 Å². The Morgan fingerprint density at radius 1 is 1.10 bits per heavy atom. The molecule has 2 rings (SSSR count). The maximum Gasteiger partial charge on any atom is 0.323 e. The van der Waals surface area contributed by atoms with Gasteiger partial charge in [0.25, 0.3) is 0 Å². The normalized spacial score (nSPS) is 10.3. The molecule has 6 nitrogen and oxygen atoms in total. The Bertz CT molecular complexity index is 599. The van der Waals surface area contributed by atoms with E-state index >= 15 is 0 Å². The lowest BCUT2D eigenvalue weighted by atomic mass is 10.3. The van der Waals surface area contributed by atoms with Gasteiger partial charge in [-0.1, -0.05) is 15.9 Å². The first kappa shape index (κ1) is 16.0. The number of hydrogen-bond donors (Lipinski definition) is 2. The smallest absolute Gasteiger partial charge is 0.323 e. The van der Waals surface area contributed by atoms with Gasteiger partial charge in [0, 0.05) is 15.5 Å². The monoisotopic (exact) mass is 415 g/mol. The van der Waals surface area contributed by atoms with Gasteiger partial charge in [0.2, 0.25) is 11.9 Å². The second-order valence-corrected chi connectivity index (χ2v) is 5.75. The van der Waals surface area contributed by atoms with Gasteiger partial charge >= 0.3 is 6.01 Å². The second-order valence-electron chi connectivity index (χ2n) is 3.98. The van der Waals surface area contributed by atoms with Crippen LogP contribution in [0, 0.1) is 0 Å². The fraction of sp³-hybridized carbons (Fsp3) is 0.308. The van der Waals surface area contributed by atoms with Gasteiger partial charge in [-0.05, 0) is 48.0 Å². The van der Waals surface area contributed by atoms with Crippen molar-refractivity contribution in [1.82, 2.24) is 15.0 Å². The van der Waals surface area contributed by atoms with Crippen molar-refractivity contribution in [3.8, 4) is 6.01 Å². The Hall–Kier alpha value is -1.41. The first-order chi connectivity index (χ1) is 10.1. The third-order valence-corrected chi connectivity index (χ3v) is 3.55. The van der Waals surface area contributed by atoms with Crippen LogP contribution in [0.15, 0.2) is 27.1 Å². The Labute approximate surface area is 140 Å². The van der Waals surface area contributed by atoms with Crippen molar-refractivity contribution < 1.29 is 4.74 Å². The van der Waals surface area contributed by atoms with Gasteiger partial charge in [-0.25, -0.2) is 0 Å². The van der Waals surface area contributed by atoms with Gasteiger partial charge in [0.1, 0.15) is 0 Å². The van der Waals surface area contributed by atoms with Crippen molar-refractivity contribution in [3.63, 3.8) is 0 Å².